The number of nitrogens with two attached hydrogens (primary N) is 2. The van der Waals surface area contributed by atoms with Crippen LogP contribution in [0.2, 0.25) is 0 Å². The molecule has 2 aromatic carbocycles. The summed E-state index contributed by atoms with van der Waals surface area (Å²) in [6.07, 6.45) is 0. The standard InChI is InChI=1S/C15H13BrN4O3/c16-10-3-7-12(8-4-10)20(15(23)13(17)21)11-5-1-9(2-6-11)14(22)19-18/h1-8H,18H2,(H2,17,21)(H,19,22). The summed E-state index contributed by atoms with van der Waals surface area (Å²) in [5.41, 5.74) is 8.31. The van der Waals surface area contributed by atoms with Gasteiger partial charge in [0.25, 0.3) is 5.91 Å². The van der Waals surface area contributed by atoms with Crippen LogP contribution in [-0.2, 0) is 9.59 Å². The van der Waals surface area contributed by atoms with Gasteiger partial charge in [-0.05, 0) is 48.5 Å². The number of amides is 3. The normalized spacial score (nSPS) is 10.0. The summed E-state index contributed by atoms with van der Waals surface area (Å²) in [6.45, 7) is 0. The van der Waals surface area contributed by atoms with Crippen molar-refractivity contribution in [3.05, 3.63) is 58.6 Å². The molecule has 0 aliphatic rings. The highest BCUT2D eigenvalue weighted by molar-refractivity contribution is 9.10. The highest BCUT2D eigenvalue weighted by atomic mass is 79.9. The molecule has 2 rings (SSSR count). The molecule has 0 atom stereocenters. The van der Waals surface area contributed by atoms with E-state index in [9.17, 15) is 14.4 Å². The average molecular weight is 377 g/mol. The molecule has 7 nitrogen and oxygen atoms in total. The number of anilines is 2. The van der Waals surface area contributed by atoms with E-state index in [0.717, 1.165) is 4.47 Å². The summed E-state index contributed by atoms with van der Waals surface area (Å²) < 4.78 is 0.822. The summed E-state index contributed by atoms with van der Waals surface area (Å²) in [5, 5.41) is 0. The molecule has 0 fully saturated rings. The first-order chi connectivity index (χ1) is 10.9. The quantitative estimate of drug-likeness (QED) is 0.322. The molecule has 23 heavy (non-hydrogen) atoms. The molecule has 0 aromatic heterocycles. The molecule has 0 radical (unpaired) electrons. The van der Waals surface area contributed by atoms with Gasteiger partial charge in [-0.3, -0.25) is 24.7 Å². The maximum absolute atomic E-state index is 12.1. The number of hydrazine groups is 1. The Labute approximate surface area is 140 Å². The largest absolute Gasteiger partial charge is 0.361 e. The topological polar surface area (TPSA) is 119 Å². The summed E-state index contributed by atoms with van der Waals surface area (Å²) in [7, 11) is 0. The van der Waals surface area contributed by atoms with E-state index in [1.54, 1.807) is 24.3 Å². The van der Waals surface area contributed by atoms with Crippen LogP contribution in [0, 0.1) is 0 Å². The van der Waals surface area contributed by atoms with Crippen LogP contribution in [0.4, 0.5) is 11.4 Å². The smallest absolute Gasteiger partial charge is 0.320 e. The SMILES string of the molecule is NNC(=O)c1ccc(N(C(=O)C(N)=O)c2ccc(Br)cc2)cc1. The summed E-state index contributed by atoms with van der Waals surface area (Å²) in [6, 6.07) is 12.8. The Kier molecular flexibility index (Phi) is 5.09. The molecule has 3 amide bonds. The Balaban J connectivity index is 2.45. The van der Waals surface area contributed by atoms with Gasteiger partial charge >= 0.3 is 11.8 Å². The van der Waals surface area contributed by atoms with Gasteiger partial charge in [0, 0.05) is 21.4 Å². The number of rotatable bonds is 3. The fourth-order valence-corrected chi connectivity index (χ4v) is 2.19. The molecular weight excluding hydrogens is 364 g/mol. The molecule has 0 saturated heterocycles. The summed E-state index contributed by atoms with van der Waals surface area (Å²) >= 11 is 3.30. The minimum atomic E-state index is -1.09. The van der Waals surface area contributed by atoms with Crippen LogP contribution in [0.15, 0.2) is 53.0 Å². The number of carbonyl (C=O) groups is 3. The second-order valence-electron chi connectivity index (χ2n) is 4.50. The van der Waals surface area contributed by atoms with Gasteiger partial charge in [-0.25, -0.2) is 5.84 Å². The molecule has 2 aromatic rings. The second-order valence-corrected chi connectivity index (χ2v) is 5.42. The summed E-state index contributed by atoms with van der Waals surface area (Å²) in [4.78, 5) is 36.1. The molecule has 0 spiro atoms. The third-order valence-electron chi connectivity index (χ3n) is 3.02. The van der Waals surface area contributed by atoms with Crippen LogP contribution in [-0.4, -0.2) is 17.7 Å². The zero-order chi connectivity index (χ0) is 17.0. The van der Waals surface area contributed by atoms with Gasteiger partial charge in [0.2, 0.25) is 0 Å². The van der Waals surface area contributed by atoms with Gasteiger partial charge in [-0.1, -0.05) is 15.9 Å². The second kappa shape index (κ2) is 7.03. The van der Waals surface area contributed by atoms with Crippen molar-refractivity contribution < 1.29 is 14.4 Å². The van der Waals surface area contributed by atoms with Crippen LogP contribution in [0.25, 0.3) is 0 Å². The van der Waals surface area contributed by atoms with E-state index in [0.29, 0.717) is 16.9 Å². The number of hydrogen-bond acceptors (Lipinski definition) is 4. The maximum atomic E-state index is 12.1. The molecule has 118 valence electrons. The van der Waals surface area contributed by atoms with Crippen molar-refractivity contribution in [2.24, 2.45) is 11.6 Å². The number of hydrogen-bond donors (Lipinski definition) is 3. The minimum absolute atomic E-state index is 0.318. The Hall–Kier alpha value is -2.71. The van der Waals surface area contributed by atoms with E-state index in [4.69, 9.17) is 11.6 Å². The predicted octanol–water partition coefficient (Wildman–Crippen LogP) is 1.20. The van der Waals surface area contributed by atoms with E-state index in [1.807, 2.05) is 5.43 Å². The third-order valence-corrected chi connectivity index (χ3v) is 3.55. The molecule has 0 aliphatic carbocycles. The fourth-order valence-electron chi connectivity index (χ4n) is 1.93. The zero-order valence-corrected chi connectivity index (χ0v) is 13.4. The number of nitrogens with one attached hydrogen (secondary N) is 1. The Morgan fingerprint density at radius 1 is 0.913 bits per heavy atom. The fraction of sp³-hybridized carbons (Fsp3) is 0. The number of nitrogen functional groups attached to an aromatic ring is 1. The highest BCUT2D eigenvalue weighted by Gasteiger charge is 2.23. The van der Waals surface area contributed by atoms with Crippen molar-refractivity contribution >= 4 is 45.0 Å². The van der Waals surface area contributed by atoms with Gasteiger partial charge in [0.05, 0.1) is 0 Å². The third kappa shape index (κ3) is 3.74. The van der Waals surface area contributed by atoms with Crippen LogP contribution in [0.1, 0.15) is 10.4 Å². The summed E-state index contributed by atoms with van der Waals surface area (Å²) in [5.74, 6) is 2.63. The lowest BCUT2D eigenvalue weighted by Crippen LogP contribution is -2.37. The first kappa shape index (κ1) is 16.7. The molecule has 0 unspecified atom stereocenters. The van der Waals surface area contributed by atoms with E-state index < -0.39 is 17.7 Å². The van der Waals surface area contributed by atoms with Gasteiger partial charge in [-0.15, -0.1) is 0 Å². The molecule has 8 heteroatoms. The average Bonchev–Trinajstić information content (AvgIpc) is 2.56. The molecule has 5 N–H and O–H groups in total. The lowest BCUT2D eigenvalue weighted by molar-refractivity contribution is -0.135. The maximum Gasteiger partial charge on any atom is 0.320 e. The first-order valence-corrected chi connectivity index (χ1v) is 7.24. The minimum Gasteiger partial charge on any atom is -0.361 e. The molecule has 0 heterocycles. The molecule has 0 aliphatic heterocycles. The number of nitrogens with zero attached hydrogens (tertiary/aromatic N) is 1. The predicted molar refractivity (Wildman–Crippen MR) is 88.6 cm³/mol. The van der Waals surface area contributed by atoms with E-state index in [-0.39, 0.29) is 0 Å². The van der Waals surface area contributed by atoms with E-state index in [2.05, 4.69) is 15.9 Å². The number of benzene rings is 2. The van der Waals surface area contributed by atoms with Crippen LogP contribution in [0.5, 0.6) is 0 Å². The lowest BCUT2D eigenvalue weighted by Gasteiger charge is -2.21. The van der Waals surface area contributed by atoms with Gasteiger partial charge in [0.15, 0.2) is 0 Å². The Morgan fingerprint density at radius 2 is 1.39 bits per heavy atom. The van der Waals surface area contributed by atoms with Gasteiger partial charge in [-0.2, -0.15) is 0 Å². The zero-order valence-electron chi connectivity index (χ0n) is 11.8. The van der Waals surface area contributed by atoms with Crippen molar-refractivity contribution in [1.29, 1.82) is 0 Å². The number of carbonyl (C=O) groups excluding carboxylic acids is 3. The first-order valence-electron chi connectivity index (χ1n) is 6.44. The molecule has 0 bridgehead atoms. The van der Waals surface area contributed by atoms with Crippen molar-refractivity contribution in [3.63, 3.8) is 0 Å². The molecular formula is C15H13BrN4O3. The monoisotopic (exact) mass is 376 g/mol. The highest BCUT2D eigenvalue weighted by Crippen LogP contribution is 2.27. The number of halogens is 1. The van der Waals surface area contributed by atoms with Crippen molar-refractivity contribution in [1.82, 2.24) is 5.43 Å². The van der Waals surface area contributed by atoms with Crippen LogP contribution in [0.3, 0.4) is 0 Å². The van der Waals surface area contributed by atoms with Gasteiger partial charge < -0.3 is 5.73 Å². The van der Waals surface area contributed by atoms with Crippen LogP contribution >= 0.6 is 15.9 Å². The van der Waals surface area contributed by atoms with E-state index >= 15 is 0 Å². The van der Waals surface area contributed by atoms with E-state index in [1.165, 1.54) is 29.2 Å². The number of primary amides is 1. The van der Waals surface area contributed by atoms with Crippen LogP contribution < -0.4 is 21.9 Å². The van der Waals surface area contributed by atoms with Crippen molar-refractivity contribution in [2.75, 3.05) is 4.90 Å². The van der Waals surface area contributed by atoms with Crippen molar-refractivity contribution in [3.8, 4) is 0 Å². The van der Waals surface area contributed by atoms with Gasteiger partial charge in [0.1, 0.15) is 0 Å². The van der Waals surface area contributed by atoms with Crippen molar-refractivity contribution in [2.45, 2.75) is 0 Å². The molecule has 0 saturated carbocycles. The lowest BCUT2D eigenvalue weighted by atomic mass is 10.1. The Morgan fingerprint density at radius 3 is 1.83 bits per heavy atom. The Bertz CT molecular complexity index is 744.